The summed E-state index contributed by atoms with van der Waals surface area (Å²) >= 11 is 0. The van der Waals surface area contributed by atoms with Crippen LogP contribution in [0.15, 0.2) is 52.9 Å². The predicted octanol–water partition coefficient (Wildman–Crippen LogP) is 2.31. The molecule has 1 heterocycles. The van der Waals surface area contributed by atoms with Gasteiger partial charge in [-0.3, -0.25) is 9.59 Å². The maximum Gasteiger partial charge on any atom is 0.313 e. The van der Waals surface area contributed by atoms with Gasteiger partial charge in [-0.1, -0.05) is 18.2 Å². The number of hydrogen-bond donors (Lipinski definition) is 2. The number of hydrogen-bond acceptors (Lipinski definition) is 6. The van der Waals surface area contributed by atoms with E-state index in [1.165, 1.54) is 0 Å². The Kier molecular flexibility index (Phi) is 5.46. The van der Waals surface area contributed by atoms with E-state index >= 15 is 0 Å². The molecule has 0 saturated heterocycles. The minimum atomic E-state index is -0.758. The van der Waals surface area contributed by atoms with Gasteiger partial charge in [-0.15, -0.1) is 10.2 Å². The number of aromatic nitrogens is 2. The third-order valence-electron chi connectivity index (χ3n) is 3.75. The highest BCUT2D eigenvalue weighted by Gasteiger charge is 2.14. The second-order valence-corrected chi connectivity index (χ2v) is 5.65. The Bertz CT molecular complexity index is 950. The summed E-state index contributed by atoms with van der Waals surface area (Å²) in [6.45, 7) is 1.89. The van der Waals surface area contributed by atoms with Crippen LogP contribution in [0.25, 0.3) is 11.5 Å². The largest absolute Gasteiger partial charge is 0.496 e. The highest BCUT2D eigenvalue weighted by atomic mass is 16.5. The molecule has 0 bridgehead atoms. The fourth-order valence-corrected chi connectivity index (χ4v) is 2.40. The van der Waals surface area contributed by atoms with Crippen LogP contribution in [0, 0.1) is 6.92 Å². The molecule has 8 heteroatoms. The highest BCUT2D eigenvalue weighted by Crippen LogP contribution is 2.20. The molecule has 27 heavy (non-hydrogen) atoms. The Balaban J connectivity index is 1.57. The minimum Gasteiger partial charge on any atom is -0.496 e. The molecule has 0 unspecified atom stereocenters. The van der Waals surface area contributed by atoms with Crippen molar-refractivity contribution in [1.82, 2.24) is 15.5 Å². The maximum atomic E-state index is 12.1. The lowest BCUT2D eigenvalue weighted by molar-refractivity contribution is -0.136. The number of methoxy groups -OCH3 is 1. The first-order chi connectivity index (χ1) is 13.1. The number of rotatable bonds is 5. The summed E-state index contributed by atoms with van der Waals surface area (Å²) in [5.74, 6) is 0.00266. The Morgan fingerprint density at radius 1 is 1.04 bits per heavy atom. The lowest BCUT2D eigenvalue weighted by Gasteiger charge is -2.10. The number of anilines is 1. The topological polar surface area (TPSA) is 106 Å². The van der Waals surface area contributed by atoms with Gasteiger partial charge in [0.25, 0.3) is 0 Å². The quantitative estimate of drug-likeness (QED) is 0.671. The lowest BCUT2D eigenvalue weighted by atomic mass is 10.2. The van der Waals surface area contributed by atoms with Gasteiger partial charge in [0.1, 0.15) is 5.75 Å². The van der Waals surface area contributed by atoms with Crippen molar-refractivity contribution in [1.29, 1.82) is 0 Å². The first-order valence-electron chi connectivity index (χ1n) is 8.18. The van der Waals surface area contributed by atoms with Crippen molar-refractivity contribution < 1.29 is 18.7 Å². The number of carbonyl (C=O) groups excluding carboxylic acids is 2. The van der Waals surface area contributed by atoms with Crippen LogP contribution in [0.5, 0.6) is 5.75 Å². The number of nitrogens with zero attached hydrogens (tertiary/aromatic N) is 2. The van der Waals surface area contributed by atoms with Crippen LogP contribution in [-0.4, -0.2) is 29.1 Å². The zero-order valence-electron chi connectivity index (χ0n) is 14.9. The highest BCUT2D eigenvalue weighted by molar-refractivity contribution is 6.39. The molecule has 0 atom stereocenters. The second-order valence-electron chi connectivity index (χ2n) is 5.65. The fourth-order valence-electron chi connectivity index (χ4n) is 2.40. The van der Waals surface area contributed by atoms with Crippen molar-refractivity contribution in [3.63, 3.8) is 0 Å². The van der Waals surface area contributed by atoms with Crippen molar-refractivity contribution >= 4 is 17.5 Å². The van der Waals surface area contributed by atoms with Crippen LogP contribution < -0.4 is 15.4 Å². The molecular weight excluding hydrogens is 348 g/mol. The van der Waals surface area contributed by atoms with E-state index in [2.05, 4.69) is 20.8 Å². The average molecular weight is 366 g/mol. The Morgan fingerprint density at radius 3 is 2.44 bits per heavy atom. The van der Waals surface area contributed by atoms with E-state index in [0.717, 1.165) is 5.56 Å². The summed E-state index contributed by atoms with van der Waals surface area (Å²) in [6, 6.07) is 14.0. The summed E-state index contributed by atoms with van der Waals surface area (Å²) < 4.78 is 10.6. The van der Waals surface area contributed by atoms with Crippen molar-refractivity contribution in [2.45, 2.75) is 13.5 Å². The molecule has 1 aromatic heterocycles. The lowest BCUT2D eigenvalue weighted by Crippen LogP contribution is -2.35. The summed E-state index contributed by atoms with van der Waals surface area (Å²) in [7, 11) is 1.55. The summed E-state index contributed by atoms with van der Waals surface area (Å²) in [6.07, 6.45) is 0. The van der Waals surface area contributed by atoms with E-state index in [4.69, 9.17) is 9.15 Å². The van der Waals surface area contributed by atoms with E-state index in [1.54, 1.807) is 44.4 Å². The van der Waals surface area contributed by atoms with Gasteiger partial charge < -0.3 is 19.8 Å². The van der Waals surface area contributed by atoms with Gasteiger partial charge in [0.15, 0.2) is 0 Å². The number of nitrogens with one attached hydrogen (secondary N) is 2. The number of para-hydroxylation sites is 1. The van der Waals surface area contributed by atoms with Crippen LogP contribution >= 0.6 is 0 Å². The third kappa shape index (κ3) is 4.49. The van der Waals surface area contributed by atoms with Gasteiger partial charge in [-0.05, 0) is 30.3 Å². The summed E-state index contributed by atoms with van der Waals surface area (Å²) in [4.78, 5) is 24.1. The van der Waals surface area contributed by atoms with E-state index < -0.39 is 11.8 Å². The average Bonchev–Trinajstić information content (AvgIpc) is 3.13. The van der Waals surface area contributed by atoms with E-state index in [9.17, 15) is 9.59 Å². The van der Waals surface area contributed by atoms with Crippen molar-refractivity contribution in [2.24, 2.45) is 0 Å². The molecule has 2 aromatic carbocycles. The van der Waals surface area contributed by atoms with Crippen LogP contribution in [-0.2, 0) is 16.1 Å². The predicted molar refractivity (Wildman–Crippen MR) is 97.9 cm³/mol. The van der Waals surface area contributed by atoms with Crippen molar-refractivity contribution in [3.8, 4) is 17.2 Å². The van der Waals surface area contributed by atoms with Gasteiger partial charge in [-0.25, -0.2) is 0 Å². The molecule has 138 valence electrons. The molecular formula is C19H18N4O4. The molecule has 0 saturated carbocycles. The number of benzene rings is 2. The number of ether oxygens (including phenoxy) is 1. The SMILES string of the molecule is COc1ccccc1CNC(=O)C(=O)Nc1ccc(-c2nnc(C)o2)cc1. The monoisotopic (exact) mass is 366 g/mol. The van der Waals surface area contributed by atoms with Crippen LogP contribution in [0.4, 0.5) is 5.69 Å². The van der Waals surface area contributed by atoms with E-state index in [-0.39, 0.29) is 6.54 Å². The zero-order valence-corrected chi connectivity index (χ0v) is 14.9. The van der Waals surface area contributed by atoms with E-state index in [0.29, 0.717) is 28.8 Å². The molecule has 0 radical (unpaired) electrons. The molecule has 2 amide bonds. The Hall–Kier alpha value is -3.68. The van der Waals surface area contributed by atoms with Gasteiger partial charge in [-0.2, -0.15) is 0 Å². The van der Waals surface area contributed by atoms with Gasteiger partial charge in [0, 0.05) is 30.3 Å². The fraction of sp³-hybridized carbons (Fsp3) is 0.158. The zero-order chi connectivity index (χ0) is 19.2. The molecule has 3 aromatic rings. The molecule has 8 nitrogen and oxygen atoms in total. The Labute approximate surface area is 155 Å². The maximum absolute atomic E-state index is 12.1. The number of aryl methyl sites for hydroxylation is 1. The van der Waals surface area contributed by atoms with Crippen molar-refractivity contribution in [3.05, 3.63) is 60.0 Å². The van der Waals surface area contributed by atoms with Crippen LogP contribution in [0.3, 0.4) is 0 Å². The second kappa shape index (κ2) is 8.13. The molecule has 2 N–H and O–H groups in total. The molecule has 0 fully saturated rings. The molecule has 0 aliphatic heterocycles. The molecule has 3 rings (SSSR count). The molecule has 0 spiro atoms. The molecule has 0 aliphatic carbocycles. The van der Waals surface area contributed by atoms with Gasteiger partial charge >= 0.3 is 11.8 Å². The van der Waals surface area contributed by atoms with Gasteiger partial charge in [0.2, 0.25) is 11.8 Å². The third-order valence-corrected chi connectivity index (χ3v) is 3.75. The van der Waals surface area contributed by atoms with Crippen molar-refractivity contribution in [2.75, 3.05) is 12.4 Å². The number of amides is 2. The molecule has 0 aliphatic rings. The minimum absolute atomic E-state index is 0.186. The Morgan fingerprint density at radius 2 is 1.78 bits per heavy atom. The first-order valence-corrected chi connectivity index (χ1v) is 8.18. The van der Waals surface area contributed by atoms with Crippen LogP contribution in [0.1, 0.15) is 11.5 Å². The summed E-state index contributed by atoms with van der Waals surface area (Å²) in [5.41, 5.74) is 1.97. The first kappa shape index (κ1) is 18.1. The van der Waals surface area contributed by atoms with Gasteiger partial charge in [0.05, 0.1) is 7.11 Å². The standard InChI is InChI=1S/C19H18N4O4/c1-12-22-23-19(27-12)13-7-9-15(10-8-13)21-18(25)17(24)20-11-14-5-3-4-6-16(14)26-2/h3-10H,11H2,1-2H3,(H,20,24)(H,21,25). The summed E-state index contributed by atoms with van der Waals surface area (Å²) in [5, 5.41) is 12.8. The normalized spacial score (nSPS) is 10.3. The smallest absolute Gasteiger partial charge is 0.313 e. The number of carbonyl (C=O) groups is 2. The van der Waals surface area contributed by atoms with E-state index in [1.807, 2.05) is 18.2 Å². The van der Waals surface area contributed by atoms with Crippen LogP contribution in [0.2, 0.25) is 0 Å².